The summed E-state index contributed by atoms with van der Waals surface area (Å²) in [5.41, 5.74) is 0.0744. The highest BCUT2D eigenvalue weighted by Gasteiger charge is 2.41. The summed E-state index contributed by atoms with van der Waals surface area (Å²) in [4.78, 5) is 11.5. The van der Waals surface area contributed by atoms with E-state index < -0.39 is 27.2 Å². The molecule has 0 radical (unpaired) electrons. The summed E-state index contributed by atoms with van der Waals surface area (Å²) < 4.78 is 46.3. The lowest BCUT2D eigenvalue weighted by atomic mass is 10.1. The number of carbonyl (C=O) groups excluding carboxylic acids is 1. The quantitative estimate of drug-likeness (QED) is 0.595. The van der Waals surface area contributed by atoms with Gasteiger partial charge in [-0.25, -0.2) is 4.39 Å². The minimum absolute atomic E-state index is 0.0506. The van der Waals surface area contributed by atoms with Crippen molar-refractivity contribution in [2.24, 2.45) is 0 Å². The van der Waals surface area contributed by atoms with Crippen molar-refractivity contribution in [1.29, 1.82) is 0 Å². The summed E-state index contributed by atoms with van der Waals surface area (Å²) in [5, 5.41) is -1.51. The number of halogens is 1. The highest BCUT2D eigenvalue weighted by molar-refractivity contribution is 7.88. The lowest BCUT2D eigenvalue weighted by molar-refractivity contribution is -0.142. The predicted octanol–water partition coefficient (Wildman–Crippen LogP) is 1.02. The monoisotopic (exact) mass is 274 g/mol. The van der Waals surface area contributed by atoms with Crippen LogP contribution in [-0.2, 0) is 26.1 Å². The molecule has 18 heavy (non-hydrogen) atoms. The first kappa shape index (κ1) is 12.8. The molecule has 0 aromatic heterocycles. The minimum atomic E-state index is -4.12. The van der Waals surface area contributed by atoms with Gasteiger partial charge in [-0.3, -0.25) is 4.79 Å². The molecule has 2 rings (SSSR count). The van der Waals surface area contributed by atoms with Crippen LogP contribution in [0.5, 0.6) is 5.75 Å². The summed E-state index contributed by atoms with van der Waals surface area (Å²) in [7, 11) is -4.12. The Morgan fingerprint density at radius 1 is 1.56 bits per heavy atom. The minimum Gasteiger partial charge on any atom is -0.465 e. The molecule has 0 spiro atoms. The Morgan fingerprint density at radius 2 is 2.28 bits per heavy atom. The zero-order valence-corrected chi connectivity index (χ0v) is 10.4. The van der Waals surface area contributed by atoms with Crippen LogP contribution in [0.3, 0.4) is 0 Å². The van der Waals surface area contributed by atoms with Gasteiger partial charge in [-0.15, -0.1) is 0 Å². The normalized spacial score (nSPS) is 20.7. The summed E-state index contributed by atoms with van der Waals surface area (Å²) in [6.45, 7) is 1.61. The number of rotatable bonds is 2. The average Bonchev–Trinajstić information content (AvgIpc) is 2.27. The molecule has 1 aliphatic heterocycles. The number of esters is 1. The molecule has 0 amide bonds. The van der Waals surface area contributed by atoms with Gasteiger partial charge in [0.15, 0.2) is 5.25 Å². The molecule has 1 heterocycles. The van der Waals surface area contributed by atoms with Crippen LogP contribution in [0.25, 0.3) is 0 Å². The van der Waals surface area contributed by atoms with E-state index in [1.807, 2.05) is 0 Å². The summed E-state index contributed by atoms with van der Waals surface area (Å²) in [6, 6.07) is 3.87. The Morgan fingerprint density at radius 3 is 2.94 bits per heavy atom. The first-order valence-corrected chi connectivity index (χ1v) is 6.80. The maximum absolute atomic E-state index is 13.5. The van der Waals surface area contributed by atoms with Crippen LogP contribution in [-0.4, -0.2) is 26.2 Å². The van der Waals surface area contributed by atoms with Crippen molar-refractivity contribution >= 4 is 16.1 Å². The molecule has 1 aromatic rings. The molecule has 0 bridgehead atoms. The number of ether oxygens (including phenoxy) is 1. The number of hydrogen-bond acceptors (Lipinski definition) is 5. The van der Waals surface area contributed by atoms with Crippen LogP contribution < -0.4 is 4.18 Å². The zero-order chi connectivity index (χ0) is 13.3. The zero-order valence-electron chi connectivity index (χ0n) is 9.55. The smallest absolute Gasteiger partial charge is 0.328 e. The second kappa shape index (κ2) is 4.56. The molecule has 7 heteroatoms. The van der Waals surface area contributed by atoms with Gasteiger partial charge in [-0.05, 0) is 19.1 Å². The standard InChI is InChI=1S/C11H11FO5S/c1-2-16-11(13)10-6-7-8(12)4-3-5-9(7)17-18(10,14)15/h3-5,10H,2,6H2,1H3. The third kappa shape index (κ3) is 2.17. The van der Waals surface area contributed by atoms with Crippen LogP contribution in [0.4, 0.5) is 4.39 Å². The first-order chi connectivity index (χ1) is 8.45. The molecule has 0 aliphatic carbocycles. The second-order valence-electron chi connectivity index (χ2n) is 3.74. The molecule has 1 aromatic carbocycles. The Hall–Kier alpha value is -1.63. The molecule has 0 saturated heterocycles. The highest BCUT2D eigenvalue weighted by Crippen LogP contribution is 2.31. The predicted molar refractivity (Wildman–Crippen MR) is 60.1 cm³/mol. The molecule has 1 atom stereocenters. The fourth-order valence-electron chi connectivity index (χ4n) is 1.72. The van der Waals surface area contributed by atoms with Gasteiger partial charge in [0.05, 0.1) is 6.61 Å². The van der Waals surface area contributed by atoms with E-state index in [2.05, 4.69) is 4.74 Å². The van der Waals surface area contributed by atoms with Gasteiger partial charge >= 0.3 is 16.1 Å². The number of hydrogen-bond donors (Lipinski definition) is 0. The Kier molecular flexibility index (Phi) is 3.25. The average molecular weight is 274 g/mol. The van der Waals surface area contributed by atoms with Crippen LogP contribution in [0.1, 0.15) is 12.5 Å². The Labute approximate surface area is 104 Å². The molecule has 0 N–H and O–H groups in total. The largest absolute Gasteiger partial charge is 0.465 e. The first-order valence-electron chi connectivity index (χ1n) is 5.33. The van der Waals surface area contributed by atoms with Gasteiger partial charge in [-0.2, -0.15) is 8.42 Å². The van der Waals surface area contributed by atoms with Crippen molar-refractivity contribution in [3.8, 4) is 5.75 Å². The maximum atomic E-state index is 13.5. The topological polar surface area (TPSA) is 69.7 Å². The molecule has 1 aliphatic rings. The van der Waals surface area contributed by atoms with Gasteiger partial charge in [0, 0.05) is 12.0 Å². The van der Waals surface area contributed by atoms with Crippen LogP contribution >= 0.6 is 0 Å². The van der Waals surface area contributed by atoms with E-state index in [0.29, 0.717) is 0 Å². The molecular formula is C11H11FO5S. The molecule has 5 nitrogen and oxygen atoms in total. The van der Waals surface area contributed by atoms with E-state index in [1.54, 1.807) is 6.92 Å². The van der Waals surface area contributed by atoms with Crippen molar-refractivity contribution in [1.82, 2.24) is 0 Å². The van der Waals surface area contributed by atoms with Crippen molar-refractivity contribution in [2.75, 3.05) is 6.61 Å². The van der Waals surface area contributed by atoms with E-state index >= 15 is 0 Å². The van der Waals surface area contributed by atoms with Gasteiger partial charge in [0.25, 0.3) is 0 Å². The number of benzene rings is 1. The third-order valence-corrected chi connectivity index (χ3v) is 4.04. The van der Waals surface area contributed by atoms with Gasteiger partial charge in [0.2, 0.25) is 0 Å². The van der Waals surface area contributed by atoms with E-state index in [0.717, 1.165) is 0 Å². The highest BCUT2D eigenvalue weighted by atomic mass is 32.2. The summed E-state index contributed by atoms with van der Waals surface area (Å²) >= 11 is 0. The molecule has 0 fully saturated rings. The lowest BCUT2D eigenvalue weighted by Gasteiger charge is -2.23. The molecule has 1 unspecified atom stereocenters. The maximum Gasteiger partial charge on any atom is 0.328 e. The number of fused-ring (bicyclic) bond motifs is 1. The fourth-order valence-corrected chi connectivity index (χ4v) is 2.92. The van der Waals surface area contributed by atoms with Crippen molar-refractivity contribution in [2.45, 2.75) is 18.6 Å². The van der Waals surface area contributed by atoms with Gasteiger partial charge in [-0.1, -0.05) is 6.07 Å². The Balaban J connectivity index is 2.42. The van der Waals surface area contributed by atoms with Crippen LogP contribution in [0, 0.1) is 5.82 Å². The van der Waals surface area contributed by atoms with Gasteiger partial charge in [0.1, 0.15) is 11.6 Å². The Bertz CT molecular complexity index is 581. The summed E-state index contributed by atoms with van der Waals surface area (Å²) in [5.74, 6) is -1.60. The lowest BCUT2D eigenvalue weighted by Crippen LogP contribution is -2.40. The van der Waals surface area contributed by atoms with E-state index in [-0.39, 0.29) is 24.3 Å². The van der Waals surface area contributed by atoms with Gasteiger partial charge < -0.3 is 8.92 Å². The fraction of sp³-hybridized carbons (Fsp3) is 0.364. The van der Waals surface area contributed by atoms with Crippen molar-refractivity contribution in [3.05, 3.63) is 29.6 Å². The molecule has 0 saturated carbocycles. The number of carbonyl (C=O) groups is 1. The summed E-state index contributed by atoms with van der Waals surface area (Å²) in [6.07, 6.45) is -0.275. The van der Waals surface area contributed by atoms with E-state index in [9.17, 15) is 17.6 Å². The molecule has 98 valence electrons. The SMILES string of the molecule is CCOC(=O)C1Cc2c(F)cccc2OS1(=O)=O. The second-order valence-corrected chi connectivity index (χ2v) is 5.46. The van der Waals surface area contributed by atoms with E-state index in [4.69, 9.17) is 4.18 Å². The van der Waals surface area contributed by atoms with Crippen LogP contribution in [0.15, 0.2) is 18.2 Å². The molecular weight excluding hydrogens is 263 g/mol. The third-order valence-electron chi connectivity index (χ3n) is 2.57. The van der Waals surface area contributed by atoms with Crippen molar-refractivity contribution < 1.29 is 26.5 Å². The van der Waals surface area contributed by atoms with Crippen LogP contribution in [0.2, 0.25) is 0 Å². The van der Waals surface area contributed by atoms with Crippen molar-refractivity contribution in [3.63, 3.8) is 0 Å². The van der Waals surface area contributed by atoms with E-state index in [1.165, 1.54) is 18.2 Å².